The molecule has 0 unspecified atom stereocenters. The number of hydrogen-bond acceptors (Lipinski definition) is 3. The van der Waals surface area contributed by atoms with Gasteiger partial charge in [0.2, 0.25) is 0 Å². The van der Waals surface area contributed by atoms with Gasteiger partial charge in [0, 0.05) is 18.6 Å². The fourth-order valence-corrected chi connectivity index (χ4v) is 4.66. The highest BCUT2D eigenvalue weighted by atomic mass is 35.5. The fourth-order valence-electron chi connectivity index (χ4n) is 4.47. The number of amides is 1. The van der Waals surface area contributed by atoms with E-state index >= 15 is 0 Å². The zero-order valence-corrected chi connectivity index (χ0v) is 18.6. The number of unbranched alkanes of at least 4 members (excludes halogenated alkanes) is 5. The van der Waals surface area contributed by atoms with Crippen LogP contribution >= 0.6 is 11.6 Å². The van der Waals surface area contributed by atoms with Crippen LogP contribution in [0.2, 0.25) is 0 Å². The van der Waals surface area contributed by atoms with Gasteiger partial charge in [0.1, 0.15) is 5.75 Å². The summed E-state index contributed by atoms with van der Waals surface area (Å²) in [6, 6.07) is 8.40. The van der Waals surface area contributed by atoms with Crippen molar-refractivity contribution in [2.24, 2.45) is 4.99 Å². The molecule has 0 N–H and O–H groups in total. The molecule has 0 aromatic heterocycles. The number of fused-ring (bicyclic) bond motifs is 3. The van der Waals surface area contributed by atoms with Crippen molar-refractivity contribution in [3.63, 3.8) is 0 Å². The Kier molecular flexibility index (Phi) is 6.93. The molecule has 2 aliphatic heterocycles. The molecule has 0 saturated carbocycles. The molecule has 4 rings (SSSR count). The van der Waals surface area contributed by atoms with E-state index in [1.807, 2.05) is 23.2 Å². The quantitative estimate of drug-likeness (QED) is 0.342. The zero-order chi connectivity index (χ0) is 20.9. The lowest BCUT2D eigenvalue weighted by atomic mass is 10.0. The van der Waals surface area contributed by atoms with Crippen molar-refractivity contribution in [1.29, 1.82) is 0 Å². The van der Waals surface area contributed by atoms with Crippen molar-refractivity contribution in [2.75, 3.05) is 19.0 Å². The molecular formula is C25H31ClN2O2. The highest BCUT2D eigenvalue weighted by molar-refractivity contribution is 6.17. The lowest BCUT2D eigenvalue weighted by Crippen LogP contribution is -2.35. The van der Waals surface area contributed by atoms with E-state index in [4.69, 9.17) is 16.3 Å². The Bertz CT molecular complexity index is 940. The van der Waals surface area contributed by atoms with Gasteiger partial charge in [0.25, 0.3) is 5.91 Å². The predicted octanol–water partition coefficient (Wildman–Crippen LogP) is 6.43. The van der Waals surface area contributed by atoms with Crippen molar-refractivity contribution in [1.82, 2.24) is 4.90 Å². The molecule has 4 nitrogen and oxygen atoms in total. The third kappa shape index (κ3) is 4.64. The van der Waals surface area contributed by atoms with E-state index < -0.39 is 0 Å². The molecule has 0 bridgehead atoms. The van der Waals surface area contributed by atoms with Crippen LogP contribution in [0.25, 0.3) is 10.8 Å². The maximum atomic E-state index is 13.0. The third-order valence-electron chi connectivity index (χ3n) is 6.21. The smallest absolute Gasteiger partial charge is 0.256 e. The van der Waals surface area contributed by atoms with Gasteiger partial charge in [-0.1, -0.05) is 25.7 Å². The number of halogens is 1. The number of rotatable bonds is 9. The first-order valence-electron chi connectivity index (χ1n) is 11.3. The Morgan fingerprint density at radius 3 is 2.67 bits per heavy atom. The van der Waals surface area contributed by atoms with Crippen molar-refractivity contribution in [3.05, 3.63) is 35.4 Å². The molecule has 1 fully saturated rings. The molecule has 2 aromatic rings. The first kappa shape index (κ1) is 21.2. The second-order valence-electron chi connectivity index (χ2n) is 8.48. The number of carbonyl (C=O) groups excluding carboxylic acids is 1. The lowest BCUT2D eigenvalue weighted by Gasteiger charge is -2.20. The van der Waals surface area contributed by atoms with Gasteiger partial charge in [-0.15, -0.1) is 11.6 Å². The average Bonchev–Trinajstić information content (AvgIpc) is 3.17. The summed E-state index contributed by atoms with van der Waals surface area (Å²) in [5.41, 5.74) is 2.59. The summed E-state index contributed by atoms with van der Waals surface area (Å²) in [7, 11) is 0. The van der Waals surface area contributed by atoms with E-state index in [1.165, 1.54) is 25.7 Å². The average molecular weight is 427 g/mol. The molecule has 1 atom stereocenters. The van der Waals surface area contributed by atoms with E-state index in [1.54, 1.807) is 0 Å². The number of aryl methyl sites for hydroxylation is 1. The van der Waals surface area contributed by atoms with Gasteiger partial charge in [-0.05, 0) is 73.2 Å². The van der Waals surface area contributed by atoms with Crippen LogP contribution in [-0.2, 0) is 0 Å². The second kappa shape index (κ2) is 9.82. The molecule has 30 heavy (non-hydrogen) atoms. The molecule has 1 saturated heterocycles. The molecule has 0 spiro atoms. The van der Waals surface area contributed by atoms with E-state index in [0.717, 1.165) is 72.5 Å². The third-order valence-corrected chi connectivity index (χ3v) is 6.48. The van der Waals surface area contributed by atoms with Gasteiger partial charge < -0.3 is 9.64 Å². The van der Waals surface area contributed by atoms with E-state index in [2.05, 4.69) is 24.0 Å². The van der Waals surface area contributed by atoms with Crippen LogP contribution in [0.4, 0.5) is 5.69 Å². The van der Waals surface area contributed by atoms with Gasteiger partial charge in [0.15, 0.2) is 0 Å². The van der Waals surface area contributed by atoms with Gasteiger partial charge in [0.05, 0.1) is 23.9 Å². The minimum atomic E-state index is 0.107. The first-order valence-corrected chi connectivity index (χ1v) is 11.8. The number of hydrogen-bond donors (Lipinski definition) is 0. The Balaban J connectivity index is 1.44. The summed E-state index contributed by atoms with van der Waals surface area (Å²) < 4.78 is 6.09. The molecule has 5 heteroatoms. The van der Waals surface area contributed by atoms with Gasteiger partial charge in [-0.3, -0.25) is 9.79 Å². The molecule has 2 aromatic carbocycles. The number of aliphatic imine (C=N–C) groups is 1. The van der Waals surface area contributed by atoms with E-state index in [9.17, 15) is 4.79 Å². The summed E-state index contributed by atoms with van der Waals surface area (Å²) in [5.74, 6) is 1.80. The predicted molar refractivity (Wildman–Crippen MR) is 125 cm³/mol. The number of carbonyl (C=O) groups is 1. The second-order valence-corrected chi connectivity index (χ2v) is 8.86. The van der Waals surface area contributed by atoms with Gasteiger partial charge in [-0.2, -0.15) is 0 Å². The monoisotopic (exact) mass is 426 g/mol. The minimum absolute atomic E-state index is 0.107. The number of benzene rings is 2. The standard InChI is InChI=1S/C25H31ClN2O2/c1-18-13-19-14-22-23(27-17-21-9-8-11-28(21)25(22)29)15-20(19)16-24(18)30-12-7-5-3-2-4-6-10-26/h13-17,21H,2-12H2,1H3/t21-/m0/s1. The number of ether oxygens (including phenoxy) is 1. The summed E-state index contributed by atoms with van der Waals surface area (Å²) in [6.45, 7) is 3.63. The summed E-state index contributed by atoms with van der Waals surface area (Å²) in [4.78, 5) is 19.6. The maximum Gasteiger partial charge on any atom is 0.256 e. The largest absolute Gasteiger partial charge is 0.493 e. The Morgan fingerprint density at radius 1 is 1.07 bits per heavy atom. The minimum Gasteiger partial charge on any atom is -0.493 e. The van der Waals surface area contributed by atoms with E-state index in [0.29, 0.717) is 5.56 Å². The number of nitrogens with zero attached hydrogens (tertiary/aromatic N) is 2. The van der Waals surface area contributed by atoms with Crippen molar-refractivity contribution < 1.29 is 9.53 Å². The van der Waals surface area contributed by atoms with Crippen LogP contribution in [0, 0.1) is 6.92 Å². The van der Waals surface area contributed by atoms with Crippen LogP contribution in [0.3, 0.4) is 0 Å². The highest BCUT2D eigenvalue weighted by Crippen LogP contribution is 2.34. The Labute approximate surface area is 184 Å². The van der Waals surface area contributed by atoms with Gasteiger partial charge in [-0.25, -0.2) is 0 Å². The molecule has 0 aliphatic carbocycles. The zero-order valence-electron chi connectivity index (χ0n) is 17.8. The summed E-state index contributed by atoms with van der Waals surface area (Å²) >= 11 is 5.72. The molecule has 2 heterocycles. The molecule has 1 amide bonds. The normalized spacial score (nSPS) is 17.9. The highest BCUT2D eigenvalue weighted by Gasteiger charge is 2.31. The van der Waals surface area contributed by atoms with Crippen molar-refractivity contribution >= 4 is 40.2 Å². The van der Waals surface area contributed by atoms with Crippen LogP contribution in [-0.4, -0.2) is 42.1 Å². The van der Waals surface area contributed by atoms with Crippen LogP contribution in [0.15, 0.2) is 29.3 Å². The van der Waals surface area contributed by atoms with Crippen molar-refractivity contribution in [3.8, 4) is 5.75 Å². The molecular weight excluding hydrogens is 396 g/mol. The van der Waals surface area contributed by atoms with Crippen LogP contribution < -0.4 is 4.74 Å². The van der Waals surface area contributed by atoms with Crippen LogP contribution in [0.5, 0.6) is 5.75 Å². The van der Waals surface area contributed by atoms with Gasteiger partial charge >= 0.3 is 0 Å². The molecule has 2 aliphatic rings. The van der Waals surface area contributed by atoms with Crippen LogP contribution in [0.1, 0.15) is 67.3 Å². The maximum absolute atomic E-state index is 13.0. The first-order chi connectivity index (χ1) is 14.7. The summed E-state index contributed by atoms with van der Waals surface area (Å²) in [5, 5.41) is 2.14. The SMILES string of the molecule is Cc1cc2cc3c(cc2cc1OCCCCCCCCCl)N=C[C@@H]1CCCN1C3=O. The topological polar surface area (TPSA) is 41.9 Å². The number of alkyl halides is 1. The molecule has 160 valence electrons. The summed E-state index contributed by atoms with van der Waals surface area (Å²) in [6.07, 6.45) is 11.1. The lowest BCUT2D eigenvalue weighted by molar-refractivity contribution is 0.0775. The van der Waals surface area contributed by atoms with Crippen molar-refractivity contribution in [2.45, 2.75) is 64.3 Å². The Morgan fingerprint density at radius 2 is 1.83 bits per heavy atom. The fraction of sp³-hybridized carbons (Fsp3) is 0.520. The Hall–Kier alpha value is -2.07. The molecule has 0 radical (unpaired) electrons. The van der Waals surface area contributed by atoms with E-state index in [-0.39, 0.29) is 11.9 Å².